The highest BCUT2D eigenvalue weighted by molar-refractivity contribution is 5.56. The van der Waals surface area contributed by atoms with Crippen molar-refractivity contribution in [3.8, 4) is 11.4 Å². The van der Waals surface area contributed by atoms with Gasteiger partial charge in [0, 0.05) is 37.5 Å². The second-order valence-electron chi connectivity index (χ2n) is 6.41. The van der Waals surface area contributed by atoms with Gasteiger partial charge < -0.3 is 9.97 Å². The Morgan fingerprint density at radius 2 is 1.96 bits per heavy atom. The van der Waals surface area contributed by atoms with E-state index >= 15 is 0 Å². The van der Waals surface area contributed by atoms with E-state index in [2.05, 4.69) is 24.8 Å². The van der Waals surface area contributed by atoms with Crippen molar-refractivity contribution in [2.45, 2.75) is 25.7 Å². The molecule has 0 atom stereocenters. The number of imidazole rings is 1. The monoisotopic (exact) mass is 375 g/mol. The lowest BCUT2D eigenvalue weighted by Crippen LogP contribution is -2.35. The Labute approximate surface area is 152 Å². The molecular formula is C18H16F3N5O. The number of alkyl halides is 3. The summed E-state index contributed by atoms with van der Waals surface area (Å²) >= 11 is 0. The molecular weight excluding hydrogens is 359 g/mol. The van der Waals surface area contributed by atoms with Crippen molar-refractivity contribution in [1.29, 1.82) is 0 Å². The van der Waals surface area contributed by atoms with Gasteiger partial charge in [0.05, 0.1) is 23.4 Å². The van der Waals surface area contributed by atoms with Crippen LogP contribution in [0.1, 0.15) is 22.6 Å². The first-order chi connectivity index (χ1) is 12.9. The number of nitrogens with zero attached hydrogens (tertiary/aromatic N) is 3. The number of rotatable bonds is 3. The van der Waals surface area contributed by atoms with Gasteiger partial charge in [-0.05, 0) is 12.1 Å². The molecule has 2 N–H and O–H groups in total. The van der Waals surface area contributed by atoms with Crippen LogP contribution in [0, 0.1) is 0 Å². The second-order valence-corrected chi connectivity index (χ2v) is 6.41. The molecule has 1 aliphatic heterocycles. The molecule has 0 amide bonds. The van der Waals surface area contributed by atoms with Gasteiger partial charge in [-0.1, -0.05) is 12.1 Å². The quantitative estimate of drug-likeness (QED) is 0.738. The zero-order valence-corrected chi connectivity index (χ0v) is 14.2. The van der Waals surface area contributed by atoms with Crippen LogP contribution in [-0.2, 0) is 25.7 Å². The van der Waals surface area contributed by atoms with E-state index in [1.165, 1.54) is 12.1 Å². The van der Waals surface area contributed by atoms with Crippen molar-refractivity contribution in [2.24, 2.45) is 0 Å². The second kappa shape index (κ2) is 6.66. The van der Waals surface area contributed by atoms with Crippen molar-refractivity contribution in [1.82, 2.24) is 24.8 Å². The fourth-order valence-corrected chi connectivity index (χ4v) is 3.17. The van der Waals surface area contributed by atoms with Gasteiger partial charge in [-0.15, -0.1) is 0 Å². The molecule has 3 heterocycles. The van der Waals surface area contributed by atoms with Crippen molar-refractivity contribution in [3.05, 3.63) is 69.7 Å². The number of hydrogen-bond donors (Lipinski definition) is 2. The van der Waals surface area contributed by atoms with Crippen LogP contribution in [0.5, 0.6) is 0 Å². The maximum Gasteiger partial charge on any atom is 0.416 e. The summed E-state index contributed by atoms with van der Waals surface area (Å²) in [5, 5.41) is 0. The molecule has 0 spiro atoms. The minimum atomic E-state index is -4.40. The van der Waals surface area contributed by atoms with Crippen LogP contribution in [0.3, 0.4) is 0 Å². The molecule has 4 rings (SSSR count). The summed E-state index contributed by atoms with van der Waals surface area (Å²) in [4.78, 5) is 29.0. The zero-order valence-electron chi connectivity index (χ0n) is 14.2. The van der Waals surface area contributed by atoms with Crippen molar-refractivity contribution >= 4 is 0 Å². The molecule has 0 radical (unpaired) electrons. The summed E-state index contributed by atoms with van der Waals surface area (Å²) < 4.78 is 38.1. The SMILES string of the molecule is O=c1[nH]c(-c2ccc(C(F)(F)F)cc2)nc2c1CN(Cc1ncc[nH]1)CC2. The third kappa shape index (κ3) is 3.63. The number of nitrogens with one attached hydrogen (secondary N) is 2. The van der Waals surface area contributed by atoms with Gasteiger partial charge in [0.15, 0.2) is 0 Å². The van der Waals surface area contributed by atoms with E-state index in [4.69, 9.17) is 0 Å². The molecule has 0 bridgehead atoms. The Bertz CT molecular complexity index is 993. The summed E-state index contributed by atoms with van der Waals surface area (Å²) in [5.74, 6) is 1.11. The van der Waals surface area contributed by atoms with Crippen molar-refractivity contribution in [3.63, 3.8) is 0 Å². The molecule has 1 aliphatic rings. The molecule has 0 saturated carbocycles. The zero-order chi connectivity index (χ0) is 19.0. The average Bonchev–Trinajstić information content (AvgIpc) is 3.14. The average molecular weight is 375 g/mol. The molecule has 0 saturated heterocycles. The lowest BCUT2D eigenvalue weighted by molar-refractivity contribution is -0.137. The van der Waals surface area contributed by atoms with E-state index in [1.54, 1.807) is 12.4 Å². The number of hydrogen-bond acceptors (Lipinski definition) is 4. The van der Waals surface area contributed by atoms with Crippen LogP contribution >= 0.6 is 0 Å². The first-order valence-electron chi connectivity index (χ1n) is 8.40. The normalized spacial score (nSPS) is 14.9. The lowest BCUT2D eigenvalue weighted by atomic mass is 10.1. The topological polar surface area (TPSA) is 77.7 Å². The summed E-state index contributed by atoms with van der Waals surface area (Å²) in [6, 6.07) is 4.61. The maximum atomic E-state index is 12.7. The third-order valence-corrected chi connectivity index (χ3v) is 4.56. The standard InChI is InChI=1S/C18H16F3N5O/c19-18(20,21)12-3-1-11(2-4-12)16-24-14-5-8-26(9-13(14)17(27)25-16)10-15-22-6-7-23-15/h1-4,6-7H,5,8-10H2,(H,22,23)(H,24,25,27). The molecule has 0 unspecified atom stereocenters. The smallest absolute Gasteiger partial charge is 0.348 e. The molecule has 9 heteroatoms. The van der Waals surface area contributed by atoms with E-state index < -0.39 is 11.7 Å². The molecule has 0 aliphatic carbocycles. The predicted molar refractivity (Wildman–Crippen MR) is 91.7 cm³/mol. The first-order valence-corrected chi connectivity index (χ1v) is 8.40. The van der Waals surface area contributed by atoms with E-state index in [0.29, 0.717) is 36.3 Å². The van der Waals surface area contributed by atoms with Crippen LogP contribution in [0.2, 0.25) is 0 Å². The Kier molecular flexibility index (Phi) is 4.31. The van der Waals surface area contributed by atoms with Crippen LogP contribution < -0.4 is 5.56 Å². The minimum absolute atomic E-state index is 0.265. The molecule has 3 aromatic rings. The van der Waals surface area contributed by atoms with Gasteiger partial charge in [-0.3, -0.25) is 9.69 Å². The largest absolute Gasteiger partial charge is 0.416 e. The van der Waals surface area contributed by atoms with Gasteiger partial charge >= 0.3 is 6.18 Å². The number of aromatic amines is 2. The van der Waals surface area contributed by atoms with Crippen LogP contribution in [0.25, 0.3) is 11.4 Å². The fraction of sp³-hybridized carbons (Fsp3) is 0.278. The lowest BCUT2D eigenvalue weighted by Gasteiger charge is -2.26. The Balaban J connectivity index is 1.58. The number of halogens is 3. The maximum absolute atomic E-state index is 12.7. The first kappa shape index (κ1) is 17.5. The third-order valence-electron chi connectivity index (χ3n) is 4.56. The molecule has 27 heavy (non-hydrogen) atoms. The predicted octanol–water partition coefficient (Wildman–Crippen LogP) is 2.74. The van der Waals surface area contributed by atoms with Crippen LogP contribution in [-0.4, -0.2) is 31.4 Å². The summed E-state index contributed by atoms with van der Waals surface area (Å²) in [6.45, 7) is 1.77. The highest BCUT2D eigenvalue weighted by atomic mass is 19.4. The highest BCUT2D eigenvalue weighted by Crippen LogP contribution is 2.30. The Hall–Kier alpha value is -2.94. The Morgan fingerprint density at radius 3 is 2.63 bits per heavy atom. The number of aromatic nitrogens is 4. The van der Waals surface area contributed by atoms with E-state index in [0.717, 1.165) is 24.5 Å². The van der Waals surface area contributed by atoms with Gasteiger partial charge in [-0.25, -0.2) is 9.97 Å². The highest BCUT2D eigenvalue weighted by Gasteiger charge is 2.30. The van der Waals surface area contributed by atoms with Gasteiger partial charge in [-0.2, -0.15) is 13.2 Å². The van der Waals surface area contributed by atoms with Crippen LogP contribution in [0.15, 0.2) is 41.5 Å². The van der Waals surface area contributed by atoms with Crippen molar-refractivity contribution < 1.29 is 13.2 Å². The summed E-state index contributed by atoms with van der Waals surface area (Å²) in [5.41, 5.74) is 0.716. The van der Waals surface area contributed by atoms with Crippen LogP contribution in [0.4, 0.5) is 13.2 Å². The number of fused-ring (bicyclic) bond motifs is 1. The molecule has 0 fully saturated rings. The van der Waals surface area contributed by atoms with Gasteiger partial charge in [0.25, 0.3) is 5.56 Å². The van der Waals surface area contributed by atoms with E-state index in [-0.39, 0.29) is 11.4 Å². The van der Waals surface area contributed by atoms with E-state index in [9.17, 15) is 18.0 Å². The van der Waals surface area contributed by atoms with Crippen molar-refractivity contribution in [2.75, 3.05) is 6.54 Å². The molecule has 2 aromatic heterocycles. The summed E-state index contributed by atoms with van der Waals surface area (Å²) in [7, 11) is 0. The number of H-pyrrole nitrogens is 2. The number of benzene rings is 1. The van der Waals surface area contributed by atoms with Gasteiger partial charge in [0.1, 0.15) is 11.6 Å². The molecule has 140 valence electrons. The molecule has 1 aromatic carbocycles. The molecule has 6 nitrogen and oxygen atoms in total. The minimum Gasteiger partial charge on any atom is -0.348 e. The Morgan fingerprint density at radius 1 is 1.19 bits per heavy atom. The summed E-state index contributed by atoms with van der Waals surface area (Å²) in [6.07, 6.45) is -0.379. The van der Waals surface area contributed by atoms with Gasteiger partial charge in [0.2, 0.25) is 0 Å². The fourth-order valence-electron chi connectivity index (χ4n) is 3.17. The van der Waals surface area contributed by atoms with E-state index in [1.807, 2.05) is 0 Å².